The molecule has 0 aliphatic rings. The van der Waals surface area contributed by atoms with E-state index in [0.717, 1.165) is 54.0 Å². The van der Waals surface area contributed by atoms with Gasteiger partial charge in [0.1, 0.15) is 4.64 Å². The van der Waals surface area contributed by atoms with Gasteiger partial charge in [-0.25, -0.2) is 4.68 Å². The summed E-state index contributed by atoms with van der Waals surface area (Å²) in [6, 6.07) is 12.1. The molecule has 0 amide bonds. The lowest BCUT2D eigenvalue weighted by molar-refractivity contribution is 0.405. The van der Waals surface area contributed by atoms with Crippen molar-refractivity contribution in [2.75, 3.05) is 7.11 Å². The van der Waals surface area contributed by atoms with Crippen molar-refractivity contribution in [1.82, 2.24) is 19.6 Å². The molecule has 0 saturated carbocycles. The van der Waals surface area contributed by atoms with Crippen molar-refractivity contribution in [2.45, 2.75) is 39.2 Å². The van der Waals surface area contributed by atoms with E-state index >= 15 is 0 Å². The summed E-state index contributed by atoms with van der Waals surface area (Å²) < 4.78 is 9.97. The number of methoxy groups -OCH3 is 1. The Morgan fingerprint density at radius 2 is 1.92 bits per heavy atom. The van der Waals surface area contributed by atoms with Gasteiger partial charge in [-0.05, 0) is 49.9 Å². The van der Waals surface area contributed by atoms with E-state index in [-0.39, 0.29) is 0 Å². The molecule has 0 spiro atoms. The van der Waals surface area contributed by atoms with Gasteiger partial charge in [-0.15, -0.1) is 5.10 Å². The maximum absolute atomic E-state index is 5.42. The van der Waals surface area contributed by atoms with E-state index in [4.69, 9.17) is 17.0 Å². The Morgan fingerprint density at radius 3 is 2.73 bits per heavy atom. The predicted octanol–water partition coefficient (Wildman–Crippen LogP) is 4.53. The summed E-state index contributed by atoms with van der Waals surface area (Å²) in [5, 5.41) is 8.56. The largest absolute Gasteiger partial charge is 0.494 e. The van der Waals surface area contributed by atoms with Crippen LogP contribution in [0.2, 0.25) is 0 Å². The molecule has 0 bridgehead atoms. The smallest absolute Gasteiger partial charge is 0.153 e. The topological polar surface area (TPSA) is 44.9 Å². The number of rotatable bonds is 8. The minimum atomic E-state index is 0.760. The zero-order chi connectivity index (χ0) is 18.4. The van der Waals surface area contributed by atoms with Crippen LogP contribution in [0.15, 0.2) is 48.8 Å². The van der Waals surface area contributed by atoms with Gasteiger partial charge in [-0.3, -0.25) is 0 Å². The quantitative estimate of drug-likeness (QED) is 0.433. The van der Waals surface area contributed by atoms with Gasteiger partial charge in [-0.2, -0.15) is 0 Å². The van der Waals surface area contributed by atoms with Crippen LogP contribution in [0.1, 0.15) is 30.5 Å². The molecule has 3 aromatic rings. The minimum absolute atomic E-state index is 0.760. The minimum Gasteiger partial charge on any atom is -0.494 e. The van der Waals surface area contributed by atoms with Crippen LogP contribution in [0.4, 0.5) is 0 Å². The van der Waals surface area contributed by atoms with E-state index in [0.29, 0.717) is 0 Å². The lowest BCUT2D eigenvalue weighted by Gasteiger charge is -2.09. The van der Waals surface area contributed by atoms with Crippen molar-refractivity contribution >= 4 is 12.2 Å². The van der Waals surface area contributed by atoms with Crippen molar-refractivity contribution in [3.63, 3.8) is 0 Å². The molecule has 5 nitrogen and oxygen atoms in total. The highest BCUT2D eigenvalue weighted by Gasteiger charge is 2.05. The number of hydrogen-bond acceptors (Lipinski definition) is 4. The number of aryl methyl sites for hydroxylation is 3. The molecule has 1 aromatic carbocycles. The lowest BCUT2D eigenvalue weighted by atomic mass is 10.1. The van der Waals surface area contributed by atoms with E-state index < -0.39 is 0 Å². The fourth-order valence-corrected chi connectivity index (χ4v) is 3.27. The van der Waals surface area contributed by atoms with E-state index in [1.165, 1.54) is 5.56 Å². The SMILES string of the molecule is COc1cccn(CCCCCc2cn(-c3ccccc3C)nn2)c1=S. The number of hydrogen-bond donors (Lipinski definition) is 0. The Labute approximate surface area is 159 Å². The zero-order valence-corrected chi connectivity index (χ0v) is 16.1. The molecule has 26 heavy (non-hydrogen) atoms. The van der Waals surface area contributed by atoms with Crippen molar-refractivity contribution in [1.29, 1.82) is 0 Å². The van der Waals surface area contributed by atoms with Crippen LogP contribution in [0.3, 0.4) is 0 Å². The highest BCUT2D eigenvalue weighted by Crippen LogP contribution is 2.15. The number of benzene rings is 1. The molecule has 0 aliphatic carbocycles. The van der Waals surface area contributed by atoms with Gasteiger partial charge < -0.3 is 9.30 Å². The molecule has 0 atom stereocenters. The first-order valence-corrected chi connectivity index (χ1v) is 9.30. The summed E-state index contributed by atoms with van der Waals surface area (Å²) >= 11 is 5.42. The number of nitrogens with zero attached hydrogens (tertiary/aromatic N) is 4. The third-order valence-electron chi connectivity index (χ3n) is 4.44. The number of ether oxygens (including phenoxy) is 1. The number of para-hydroxylation sites is 1. The van der Waals surface area contributed by atoms with Crippen LogP contribution in [0.5, 0.6) is 5.75 Å². The van der Waals surface area contributed by atoms with Crippen LogP contribution < -0.4 is 4.74 Å². The number of aromatic nitrogens is 4. The molecule has 0 radical (unpaired) electrons. The Hall–Kier alpha value is -2.47. The normalized spacial score (nSPS) is 10.8. The summed E-state index contributed by atoms with van der Waals surface area (Å²) in [5.41, 5.74) is 3.31. The molecule has 0 fully saturated rings. The van der Waals surface area contributed by atoms with Gasteiger partial charge in [0.05, 0.1) is 24.7 Å². The van der Waals surface area contributed by atoms with E-state index in [1.807, 2.05) is 41.3 Å². The molecular formula is C20H24N4OS. The van der Waals surface area contributed by atoms with Crippen molar-refractivity contribution in [3.8, 4) is 11.4 Å². The van der Waals surface area contributed by atoms with E-state index in [9.17, 15) is 0 Å². The van der Waals surface area contributed by atoms with Crippen LogP contribution in [0.25, 0.3) is 5.69 Å². The predicted molar refractivity (Wildman–Crippen MR) is 105 cm³/mol. The molecule has 0 unspecified atom stereocenters. The average Bonchev–Trinajstić information content (AvgIpc) is 3.12. The van der Waals surface area contributed by atoms with Gasteiger partial charge in [-0.1, -0.05) is 42.1 Å². The first-order chi connectivity index (χ1) is 12.7. The lowest BCUT2D eigenvalue weighted by Crippen LogP contribution is -2.01. The zero-order valence-electron chi connectivity index (χ0n) is 15.3. The summed E-state index contributed by atoms with van der Waals surface area (Å²) in [4.78, 5) is 0. The van der Waals surface area contributed by atoms with Crippen molar-refractivity contribution < 1.29 is 4.74 Å². The highest BCUT2D eigenvalue weighted by atomic mass is 32.1. The molecule has 0 saturated heterocycles. The summed E-state index contributed by atoms with van der Waals surface area (Å²) in [7, 11) is 1.65. The second kappa shape index (κ2) is 8.76. The third kappa shape index (κ3) is 4.38. The Kier molecular flexibility index (Phi) is 6.17. The first-order valence-electron chi connectivity index (χ1n) is 8.89. The molecular weight excluding hydrogens is 344 g/mol. The Balaban J connectivity index is 1.48. The maximum Gasteiger partial charge on any atom is 0.153 e. The highest BCUT2D eigenvalue weighted by molar-refractivity contribution is 7.71. The Bertz CT molecular complexity index is 916. The molecule has 3 rings (SSSR count). The molecule has 6 heteroatoms. The van der Waals surface area contributed by atoms with Crippen molar-refractivity contribution in [2.24, 2.45) is 0 Å². The van der Waals surface area contributed by atoms with Crippen molar-refractivity contribution in [3.05, 3.63) is 64.7 Å². The second-order valence-electron chi connectivity index (χ2n) is 6.33. The fraction of sp³-hybridized carbons (Fsp3) is 0.350. The first kappa shape index (κ1) is 18.3. The molecule has 136 valence electrons. The van der Waals surface area contributed by atoms with Crippen LogP contribution in [-0.2, 0) is 13.0 Å². The maximum atomic E-state index is 5.42. The summed E-state index contributed by atoms with van der Waals surface area (Å²) in [6.07, 6.45) is 8.27. The molecule has 2 heterocycles. The van der Waals surface area contributed by atoms with Crippen LogP contribution >= 0.6 is 12.2 Å². The molecule has 0 aliphatic heterocycles. The third-order valence-corrected chi connectivity index (χ3v) is 4.88. The second-order valence-corrected chi connectivity index (χ2v) is 6.71. The van der Waals surface area contributed by atoms with Gasteiger partial charge >= 0.3 is 0 Å². The van der Waals surface area contributed by atoms with E-state index in [1.54, 1.807) is 7.11 Å². The van der Waals surface area contributed by atoms with Gasteiger partial charge in [0, 0.05) is 12.7 Å². The van der Waals surface area contributed by atoms with Gasteiger partial charge in [0.25, 0.3) is 0 Å². The van der Waals surface area contributed by atoms with Gasteiger partial charge in [0.2, 0.25) is 0 Å². The molecule has 2 aromatic heterocycles. The van der Waals surface area contributed by atoms with Gasteiger partial charge in [0.15, 0.2) is 5.75 Å². The number of unbranched alkanes of at least 4 members (excludes halogenated alkanes) is 2. The fourth-order valence-electron chi connectivity index (χ4n) is 2.96. The monoisotopic (exact) mass is 368 g/mol. The Morgan fingerprint density at radius 1 is 1.08 bits per heavy atom. The van der Waals surface area contributed by atoms with Crippen LogP contribution in [-0.4, -0.2) is 26.7 Å². The number of pyridine rings is 1. The van der Waals surface area contributed by atoms with Crippen LogP contribution in [0, 0.1) is 11.6 Å². The summed E-state index contributed by atoms with van der Waals surface area (Å²) in [6.45, 7) is 2.99. The molecule has 0 N–H and O–H groups in total. The van der Waals surface area contributed by atoms with E-state index in [2.05, 4.69) is 33.9 Å². The average molecular weight is 369 g/mol. The summed E-state index contributed by atoms with van der Waals surface area (Å²) in [5.74, 6) is 0.760. The standard InChI is InChI=1S/C20H24N4OS/c1-16-9-5-6-11-18(16)24-15-17(21-22-24)10-4-3-7-13-23-14-8-12-19(25-2)20(23)26/h5-6,8-9,11-12,14-15H,3-4,7,10,13H2,1-2H3.